The topological polar surface area (TPSA) is 109 Å². The molecule has 1 aliphatic carbocycles. The van der Waals surface area contributed by atoms with Crippen molar-refractivity contribution in [2.24, 2.45) is 0 Å². The molecule has 1 aliphatic rings. The van der Waals surface area contributed by atoms with Gasteiger partial charge in [-0.05, 0) is 54.2 Å². The van der Waals surface area contributed by atoms with Crippen LogP contribution in [-0.4, -0.2) is 40.0 Å². The van der Waals surface area contributed by atoms with E-state index in [1.807, 2.05) is 12.2 Å². The predicted octanol–water partition coefficient (Wildman–Crippen LogP) is 7.21. The number of halogens is 3. The number of nitrogens with one attached hydrogen (secondary N) is 3. The lowest BCUT2D eigenvalue weighted by Crippen LogP contribution is -2.24. The second-order valence-electron chi connectivity index (χ2n) is 9.85. The average molecular weight is 608 g/mol. The number of anilines is 2. The summed E-state index contributed by atoms with van der Waals surface area (Å²) in [5, 5.41) is 7.13. The molecule has 0 radical (unpaired) electrons. The van der Waals surface area contributed by atoms with Crippen molar-refractivity contribution in [3.8, 4) is 11.3 Å². The fraction of sp³-hybridized carbons (Fsp3) is 0.226. The Bertz CT molecular complexity index is 1610. The SMILES string of the molecule is O=C(Nc1ccc(-c2cnc(NC(=O)C(CCOCC3=CC=CCC3)c3cccc(C(F)(F)F)c3)[nH]2)cc1)c1cscn1. The largest absolute Gasteiger partial charge is 0.416 e. The molecule has 222 valence electrons. The first kappa shape index (κ1) is 29.9. The van der Waals surface area contributed by atoms with Crippen LogP contribution in [0.5, 0.6) is 0 Å². The summed E-state index contributed by atoms with van der Waals surface area (Å²) in [6.45, 7) is 0.584. The van der Waals surface area contributed by atoms with E-state index < -0.39 is 23.6 Å². The summed E-state index contributed by atoms with van der Waals surface area (Å²) < 4.78 is 46.1. The van der Waals surface area contributed by atoms with Crippen LogP contribution in [0.25, 0.3) is 11.3 Å². The maximum absolute atomic E-state index is 13.4. The lowest BCUT2D eigenvalue weighted by molar-refractivity contribution is -0.137. The second-order valence-corrected chi connectivity index (χ2v) is 10.6. The lowest BCUT2D eigenvalue weighted by Gasteiger charge is -2.18. The standard InChI is InChI=1S/C31H28F3N5O3S/c32-31(33,34)23-8-4-7-22(15-23)25(13-14-42-17-20-5-2-1-3-6-20)28(40)39-30-35-16-26(38-30)21-9-11-24(12-10-21)37-29(41)27-18-43-19-36-27/h1-2,4-5,7-12,15-16,18-19,25H,3,6,13-14,17H2,(H,37,41)(H2,35,38,39,40). The number of thiazole rings is 1. The molecule has 0 bridgehead atoms. The number of ether oxygens (including phenoxy) is 1. The van der Waals surface area contributed by atoms with Gasteiger partial charge >= 0.3 is 6.18 Å². The Labute approximate surface area is 249 Å². The lowest BCUT2D eigenvalue weighted by atomic mass is 9.93. The third-order valence-corrected chi connectivity index (χ3v) is 7.39. The van der Waals surface area contributed by atoms with Crippen LogP contribution in [0.15, 0.2) is 89.4 Å². The quantitative estimate of drug-likeness (QED) is 0.156. The van der Waals surface area contributed by atoms with Gasteiger partial charge in [-0.3, -0.25) is 14.9 Å². The number of hydrogen-bond donors (Lipinski definition) is 3. The van der Waals surface area contributed by atoms with Crippen molar-refractivity contribution < 1.29 is 27.5 Å². The molecule has 1 unspecified atom stereocenters. The Kier molecular flexibility index (Phi) is 9.48. The molecule has 3 N–H and O–H groups in total. The second kappa shape index (κ2) is 13.6. The van der Waals surface area contributed by atoms with Crippen LogP contribution in [0, 0.1) is 0 Å². The van der Waals surface area contributed by atoms with E-state index in [4.69, 9.17) is 4.74 Å². The molecule has 0 saturated carbocycles. The van der Waals surface area contributed by atoms with E-state index in [2.05, 4.69) is 31.7 Å². The van der Waals surface area contributed by atoms with Gasteiger partial charge in [0.25, 0.3) is 5.91 Å². The Hall–Kier alpha value is -4.55. The minimum Gasteiger partial charge on any atom is -0.377 e. The number of carbonyl (C=O) groups is 2. The molecule has 2 heterocycles. The van der Waals surface area contributed by atoms with Crippen molar-refractivity contribution in [3.05, 3.63) is 106 Å². The number of aromatic amines is 1. The van der Waals surface area contributed by atoms with Crippen molar-refractivity contribution in [1.29, 1.82) is 0 Å². The molecule has 12 heteroatoms. The number of carbonyl (C=O) groups excluding carboxylic acids is 2. The van der Waals surface area contributed by atoms with E-state index in [1.54, 1.807) is 35.2 Å². The molecule has 0 fully saturated rings. The number of imidazole rings is 1. The van der Waals surface area contributed by atoms with Gasteiger partial charge in [-0.25, -0.2) is 9.97 Å². The number of alkyl halides is 3. The zero-order chi connectivity index (χ0) is 30.2. The minimum absolute atomic E-state index is 0.151. The van der Waals surface area contributed by atoms with Gasteiger partial charge in [-0.1, -0.05) is 48.6 Å². The monoisotopic (exact) mass is 607 g/mol. The average Bonchev–Trinajstić information content (AvgIpc) is 3.71. The van der Waals surface area contributed by atoms with E-state index in [1.165, 1.54) is 29.7 Å². The van der Waals surface area contributed by atoms with E-state index >= 15 is 0 Å². The zero-order valence-electron chi connectivity index (χ0n) is 22.9. The predicted molar refractivity (Wildman–Crippen MR) is 159 cm³/mol. The van der Waals surface area contributed by atoms with Crippen molar-refractivity contribution in [2.45, 2.75) is 31.4 Å². The molecule has 0 spiro atoms. The van der Waals surface area contributed by atoms with Crippen LogP contribution >= 0.6 is 11.3 Å². The molecular formula is C31H28F3N5O3S. The fourth-order valence-corrected chi connectivity index (χ4v) is 5.08. The minimum atomic E-state index is -4.54. The molecule has 8 nitrogen and oxygen atoms in total. The van der Waals surface area contributed by atoms with Gasteiger partial charge in [-0.15, -0.1) is 11.3 Å². The molecule has 43 heavy (non-hydrogen) atoms. The van der Waals surface area contributed by atoms with Gasteiger partial charge in [0.15, 0.2) is 0 Å². The smallest absolute Gasteiger partial charge is 0.377 e. The van der Waals surface area contributed by atoms with E-state index in [-0.39, 0.29) is 30.4 Å². The van der Waals surface area contributed by atoms with Gasteiger partial charge in [0.2, 0.25) is 11.9 Å². The van der Waals surface area contributed by atoms with Crippen LogP contribution in [0.3, 0.4) is 0 Å². The number of benzene rings is 2. The maximum atomic E-state index is 13.4. The van der Waals surface area contributed by atoms with E-state index in [0.717, 1.165) is 36.1 Å². The molecule has 2 aromatic carbocycles. The van der Waals surface area contributed by atoms with Crippen molar-refractivity contribution in [1.82, 2.24) is 15.0 Å². The van der Waals surface area contributed by atoms with Crippen LogP contribution < -0.4 is 10.6 Å². The first-order chi connectivity index (χ1) is 20.8. The number of hydrogen-bond acceptors (Lipinski definition) is 6. The summed E-state index contributed by atoms with van der Waals surface area (Å²) in [6.07, 6.45) is 5.02. The van der Waals surface area contributed by atoms with Gasteiger partial charge in [0.05, 0.1) is 35.5 Å². The number of allylic oxidation sites excluding steroid dienone is 3. The number of H-pyrrole nitrogens is 1. The molecule has 0 saturated heterocycles. The first-order valence-electron chi connectivity index (χ1n) is 13.5. The highest BCUT2D eigenvalue weighted by Crippen LogP contribution is 2.32. The highest BCUT2D eigenvalue weighted by molar-refractivity contribution is 7.07. The molecule has 2 aromatic heterocycles. The molecule has 5 rings (SSSR count). The van der Waals surface area contributed by atoms with Gasteiger partial charge in [0.1, 0.15) is 5.69 Å². The molecule has 2 amide bonds. The van der Waals surface area contributed by atoms with Crippen LogP contribution in [0.1, 0.15) is 46.8 Å². The Balaban J connectivity index is 1.25. The van der Waals surface area contributed by atoms with Gasteiger partial charge in [-0.2, -0.15) is 13.2 Å². The van der Waals surface area contributed by atoms with Crippen LogP contribution in [0.2, 0.25) is 0 Å². The number of nitrogens with zero attached hydrogens (tertiary/aromatic N) is 2. The van der Waals surface area contributed by atoms with Crippen molar-refractivity contribution in [2.75, 3.05) is 23.8 Å². The highest BCUT2D eigenvalue weighted by atomic mass is 32.1. The van der Waals surface area contributed by atoms with E-state index in [9.17, 15) is 22.8 Å². The summed E-state index contributed by atoms with van der Waals surface area (Å²) in [6, 6.07) is 11.8. The third-order valence-electron chi connectivity index (χ3n) is 6.81. The normalized spacial score (nSPS) is 13.8. The zero-order valence-corrected chi connectivity index (χ0v) is 23.7. The number of rotatable bonds is 11. The summed E-state index contributed by atoms with van der Waals surface area (Å²) in [5.41, 5.74) is 4.37. The first-order valence-corrected chi connectivity index (χ1v) is 14.5. The molecular weight excluding hydrogens is 579 g/mol. The highest BCUT2D eigenvalue weighted by Gasteiger charge is 2.32. The van der Waals surface area contributed by atoms with Crippen LogP contribution in [-0.2, 0) is 15.7 Å². The summed E-state index contributed by atoms with van der Waals surface area (Å²) in [7, 11) is 0. The molecule has 0 aliphatic heterocycles. The summed E-state index contributed by atoms with van der Waals surface area (Å²) in [5.74, 6) is -1.58. The maximum Gasteiger partial charge on any atom is 0.416 e. The Morgan fingerprint density at radius 1 is 1.09 bits per heavy atom. The van der Waals surface area contributed by atoms with Crippen LogP contribution in [0.4, 0.5) is 24.8 Å². The summed E-state index contributed by atoms with van der Waals surface area (Å²) in [4.78, 5) is 36.9. The van der Waals surface area contributed by atoms with Gasteiger partial charge < -0.3 is 15.0 Å². The molecule has 1 atom stereocenters. The Morgan fingerprint density at radius 3 is 2.65 bits per heavy atom. The van der Waals surface area contributed by atoms with E-state index in [0.29, 0.717) is 23.7 Å². The fourth-order valence-electron chi connectivity index (χ4n) is 4.55. The van der Waals surface area contributed by atoms with Gasteiger partial charge in [0, 0.05) is 17.7 Å². The number of aromatic nitrogens is 3. The van der Waals surface area contributed by atoms with Crippen molar-refractivity contribution >= 4 is 34.8 Å². The van der Waals surface area contributed by atoms with Crippen molar-refractivity contribution in [3.63, 3.8) is 0 Å². The summed E-state index contributed by atoms with van der Waals surface area (Å²) >= 11 is 1.33. The molecule has 4 aromatic rings. The number of amides is 2. The third kappa shape index (κ3) is 8.05. The Morgan fingerprint density at radius 2 is 1.93 bits per heavy atom.